The van der Waals surface area contributed by atoms with E-state index in [9.17, 15) is 14.3 Å². The molecule has 0 aliphatic heterocycles. The lowest BCUT2D eigenvalue weighted by atomic mass is 10.0. The van der Waals surface area contributed by atoms with E-state index < -0.39 is 11.4 Å². The highest BCUT2D eigenvalue weighted by molar-refractivity contribution is 5.78. The summed E-state index contributed by atoms with van der Waals surface area (Å²) in [6, 6.07) is 4.40. The van der Waals surface area contributed by atoms with E-state index in [1.807, 2.05) is 6.92 Å². The van der Waals surface area contributed by atoms with Crippen LogP contribution in [-0.4, -0.2) is 30.3 Å². The fraction of sp³-hybridized carbons (Fsp3) is 0.500. The van der Waals surface area contributed by atoms with E-state index in [0.29, 0.717) is 12.0 Å². The molecule has 2 N–H and O–H groups in total. The lowest BCUT2D eigenvalue weighted by Gasteiger charge is -2.21. The van der Waals surface area contributed by atoms with Gasteiger partial charge in [0.2, 0.25) is 5.91 Å². The lowest BCUT2D eigenvalue weighted by molar-refractivity contribution is -0.121. The van der Waals surface area contributed by atoms with Crippen molar-refractivity contribution in [3.8, 4) is 5.75 Å². The topological polar surface area (TPSA) is 58.6 Å². The van der Waals surface area contributed by atoms with Gasteiger partial charge in [-0.05, 0) is 31.0 Å². The first-order valence-electron chi connectivity index (χ1n) is 6.19. The smallest absolute Gasteiger partial charge is 0.224 e. The number of ether oxygens (including phenoxy) is 1. The number of hydrogen-bond acceptors (Lipinski definition) is 3. The van der Waals surface area contributed by atoms with Gasteiger partial charge in [-0.2, -0.15) is 0 Å². The van der Waals surface area contributed by atoms with Gasteiger partial charge in [-0.3, -0.25) is 4.79 Å². The Morgan fingerprint density at radius 1 is 1.53 bits per heavy atom. The van der Waals surface area contributed by atoms with Crippen molar-refractivity contribution in [3.63, 3.8) is 0 Å². The summed E-state index contributed by atoms with van der Waals surface area (Å²) >= 11 is 0. The van der Waals surface area contributed by atoms with E-state index in [1.165, 1.54) is 19.2 Å². The molecule has 0 heterocycles. The van der Waals surface area contributed by atoms with Crippen molar-refractivity contribution in [1.29, 1.82) is 0 Å². The largest absolute Gasteiger partial charge is 0.494 e. The monoisotopic (exact) mass is 269 g/mol. The number of amides is 1. The van der Waals surface area contributed by atoms with Gasteiger partial charge in [-0.25, -0.2) is 4.39 Å². The van der Waals surface area contributed by atoms with Crippen LogP contribution in [0.25, 0.3) is 0 Å². The molecule has 106 valence electrons. The second-order valence-electron chi connectivity index (χ2n) is 4.77. The Hall–Kier alpha value is -1.62. The van der Waals surface area contributed by atoms with Crippen molar-refractivity contribution < 1.29 is 19.0 Å². The summed E-state index contributed by atoms with van der Waals surface area (Å²) in [5, 5.41) is 12.4. The molecule has 1 aromatic rings. The second kappa shape index (κ2) is 6.52. The van der Waals surface area contributed by atoms with Gasteiger partial charge < -0.3 is 15.2 Å². The lowest BCUT2D eigenvalue weighted by Crippen LogP contribution is -2.40. The highest BCUT2D eigenvalue weighted by Crippen LogP contribution is 2.17. The average molecular weight is 269 g/mol. The zero-order valence-corrected chi connectivity index (χ0v) is 11.5. The quantitative estimate of drug-likeness (QED) is 0.825. The minimum atomic E-state index is -0.916. The summed E-state index contributed by atoms with van der Waals surface area (Å²) < 4.78 is 18.2. The summed E-state index contributed by atoms with van der Waals surface area (Å²) in [5.74, 6) is -0.593. The summed E-state index contributed by atoms with van der Waals surface area (Å²) in [6.45, 7) is 3.67. The van der Waals surface area contributed by atoms with Crippen LogP contribution in [0.1, 0.15) is 25.8 Å². The van der Waals surface area contributed by atoms with Crippen molar-refractivity contribution in [1.82, 2.24) is 5.32 Å². The molecule has 0 fully saturated rings. The summed E-state index contributed by atoms with van der Waals surface area (Å²) in [7, 11) is 1.39. The highest BCUT2D eigenvalue weighted by atomic mass is 19.1. The number of aliphatic hydroxyl groups is 1. The molecule has 0 aromatic heterocycles. The van der Waals surface area contributed by atoms with Crippen LogP contribution in [0.4, 0.5) is 4.39 Å². The minimum Gasteiger partial charge on any atom is -0.494 e. The van der Waals surface area contributed by atoms with E-state index in [-0.39, 0.29) is 24.6 Å². The fourth-order valence-corrected chi connectivity index (χ4v) is 1.48. The number of hydrogen-bond donors (Lipinski definition) is 2. The molecule has 5 heteroatoms. The van der Waals surface area contributed by atoms with Gasteiger partial charge >= 0.3 is 0 Å². The first kappa shape index (κ1) is 15.4. The molecule has 0 aliphatic rings. The van der Waals surface area contributed by atoms with Crippen LogP contribution in [0.5, 0.6) is 5.75 Å². The van der Waals surface area contributed by atoms with Crippen molar-refractivity contribution in [3.05, 3.63) is 29.6 Å². The molecule has 19 heavy (non-hydrogen) atoms. The molecule has 0 saturated heterocycles. The molecule has 0 bridgehead atoms. The van der Waals surface area contributed by atoms with Gasteiger partial charge in [0.25, 0.3) is 0 Å². The summed E-state index contributed by atoms with van der Waals surface area (Å²) in [6.07, 6.45) is 0.616. The standard InChI is InChI=1S/C14H20FNO3/c1-4-14(2,18)9-16-13(17)8-10-5-6-12(19-3)11(15)7-10/h5-7,18H,4,8-9H2,1-3H3,(H,16,17). The van der Waals surface area contributed by atoms with Crippen molar-refractivity contribution >= 4 is 5.91 Å². The molecule has 1 rings (SSSR count). The zero-order valence-electron chi connectivity index (χ0n) is 11.5. The molecule has 1 amide bonds. The van der Waals surface area contributed by atoms with Crippen LogP contribution in [0.2, 0.25) is 0 Å². The molecule has 0 saturated carbocycles. The highest BCUT2D eigenvalue weighted by Gasteiger charge is 2.18. The Bertz CT molecular complexity index is 446. The van der Waals surface area contributed by atoms with Gasteiger partial charge in [0.15, 0.2) is 11.6 Å². The molecule has 1 aromatic carbocycles. The molecular formula is C14H20FNO3. The number of carbonyl (C=O) groups is 1. The molecule has 0 aliphatic carbocycles. The number of nitrogens with one attached hydrogen (secondary N) is 1. The predicted molar refractivity (Wildman–Crippen MR) is 70.6 cm³/mol. The van der Waals surface area contributed by atoms with E-state index in [2.05, 4.69) is 5.32 Å². The van der Waals surface area contributed by atoms with E-state index in [4.69, 9.17) is 4.74 Å². The normalized spacial score (nSPS) is 13.7. The molecule has 1 atom stereocenters. The number of rotatable bonds is 6. The minimum absolute atomic E-state index is 0.0701. The summed E-state index contributed by atoms with van der Waals surface area (Å²) in [4.78, 5) is 11.7. The van der Waals surface area contributed by atoms with Crippen molar-refractivity contribution in [2.24, 2.45) is 0 Å². The Kier molecular flexibility index (Phi) is 5.30. The Morgan fingerprint density at radius 2 is 2.21 bits per heavy atom. The number of benzene rings is 1. The maximum Gasteiger partial charge on any atom is 0.224 e. The van der Waals surface area contributed by atoms with Gasteiger partial charge in [0, 0.05) is 6.54 Å². The predicted octanol–water partition coefficient (Wildman–Crippen LogP) is 1.65. The Morgan fingerprint density at radius 3 is 2.74 bits per heavy atom. The maximum atomic E-state index is 13.4. The zero-order chi connectivity index (χ0) is 14.5. The van der Waals surface area contributed by atoms with Gasteiger partial charge in [-0.15, -0.1) is 0 Å². The van der Waals surface area contributed by atoms with Crippen LogP contribution < -0.4 is 10.1 Å². The van der Waals surface area contributed by atoms with Crippen LogP contribution in [0.3, 0.4) is 0 Å². The first-order valence-corrected chi connectivity index (χ1v) is 6.19. The third kappa shape index (κ3) is 4.87. The molecular weight excluding hydrogens is 249 g/mol. The molecule has 0 spiro atoms. The fourth-order valence-electron chi connectivity index (χ4n) is 1.48. The van der Waals surface area contributed by atoms with Gasteiger partial charge in [0.1, 0.15) is 0 Å². The summed E-state index contributed by atoms with van der Waals surface area (Å²) in [5.41, 5.74) is -0.354. The first-order chi connectivity index (χ1) is 8.88. The van der Waals surface area contributed by atoms with Crippen molar-refractivity contribution in [2.75, 3.05) is 13.7 Å². The average Bonchev–Trinajstić information content (AvgIpc) is 2.37. The third-order valence-electron chi connectivity index (χ3n) is 3.01. The SMILES string of the molecule is CCC(C)(O)CNC(=O)Cc1ccc(OC)c(F)c1. The van der Waals surface area contributed by atoms with E-state index in [0.717, 1.165) is 0 Å². The number of halogens is 1. The molecule has 0 radical (unpaired) electrons. The molecule has 1 unspecified atom stereocenters. The van der Waals surface area contributed by atoms with Crippen LogP contribution in [0.15, 0.2) is 18.2 Å². The third-order valence-corrected chi connectivity index (χ3v) is 3.01. The number of methoxy groups -OCH3 is 1. The van der Waals surface area contributed by atoms with Gasteiger partial charge in [-0.1, -0.05) is 13.0 Å². The second-order valence-corrected chi connectivity index (χ2v) is 4.77. The van der Waals surface area contributed by atoms with Crippen LogP contribution >= 0.6 is 0 Å². The van der Waals surface area contributed by atoms with Crippen LogP contribution in [-0.2, 0) is 11.2 Å². The maximum absolute atomic E-state index is 13.4. The van der Waals surface area contributed by atoms with Crippen molar-refractivity contribution in [2.45, 2.75) is 32.3 Å². The van der Waals surface area contributed by atoms with E-state index in [1.54, 1.807) is 13.0 Å². The van der Waals surface area contributed by atoms with Gasteiger partial charge in [0.05, 0.1) is 19.1 Å². The molecule has 4 nitrogen and oxygen atoms in total. The Balaban J connectivity index is 2.55. The van der Waals surface area contributed by atoms with E-state index >= 15 is 0 Å². The van der Waals surface area contributed by atoms with Crippen LogP contribution in [0, 0.1) is 5.82 Å². The Labute approximate surface area is 112 Å². The number of carbonyl (C=O) groups excluding carboxylic acids is 1.